The molecule has 7 nitrogen and oxygen atoms in total. The zero-order valence-corrected chi connectivity index (χ0v) is 16.6. The molecule has 2 rings (SSSR count). The number of hydrogen-bond acceptors (Lipinski definition) is 6. The van der Waals surface area contributed by atoms with Crippen molar-refractivity contribution in [3.05, 3.63) is 17.7 Å². The highest BCUT2D eigenvalue weighted by atomic mass is 16.6. The van der Waals surface area contributed by atoms with Crippen LogP contribution >= 0.6 is 0 Å². The summed E-state index contributed by atoms with van der Waals surface area (Å²) in [6, 6.07) is 3.80. The number of carbonyl (C=O) groups excluding carboxylic acids is 2. The third-order valence-corrected chi connectivity index (χ3v) is 3.74. The summed E-state index contributed by atoms with van der Waals surface area (Å²) in [5, 5.41) is 0. The second kappa shape index (κ2) is 7.43. The van der Waals surface area contributed by atoms with E-state index in [-0.39, 0.29) is 13.2 Å². The van der Waals surface area contributed by atoms with Crippen LogP contribution in [0.5, 0.6) is 5.75 Å². The Kier molecular flexibility index (Phi) is 5.68. The van der Waals surface area contributed by atoms with E-state index < -0.39 is 23.8 Å². The summed E-state index contributed by atoms with van der Waals surface area (Å²) >= 11 is 0. The lowest BCUT2D eigenvalue weighted by Gasteiger charge is -2.36. The molecule has 1 aliphatic heterocycles. The van der Waals surface area contributed by atoms with Crippen molar-refractivity contribution in [3.63, 3.8) is 0 Å². The van der Waals surface area contributed by atoms with Gasteiger partial charge in [0.1, 0.15) is 5.60 Å². The fourth-order valence-electron chi connectivity index (χ4n) is 2.68. The Balaban J connectivity index is 2.51. The lowest BCUT2D eigenvalue weighted by Crippen LogP contribution is -2.49. The van der Waals surface area contributed by atoms with Gasteiger partial charge in [0.15, 0.2) is 5.75 Å². The fourth-order valence-corrected chi connectivity index (χ4v) is 2.68. The lowest BCUT2D eigenvalue weighted by atomic mass is 10.1. The normalized spacial score (nSPS) is 16.4. The van der Waals surface area contributed by atoms with Crippen LogP contribution in [0.2, 0.25) is 0 Å². The molecule has 1 aromatic rings. The number of ether oxygens (including phenoxy) is 3. The minimum absolute atomic E-state index is 0.0388. The SMILES string of the molecule is CCOC(=O)C1CN(C(=O)OC(C)(C)C)c2cc(C)cc(N(C)C)c2O1. The third kappa shape index (κ3) is 4.39. The second-order valence-electron chi connectivity index (χ2n) is 7.48. The quantitative estimate of drug-likeness (QED) is 0.768. The van der Waals surface area contributed by atoms with Gasteiger partial charge in [-0.2, -0.15) is 0 Å². The van der Waals surface area contributed by atoms with Crippen LogP contribution in [0.3, 0.4) is 0 Å². The number of esters is 1. The van der Waals surface area contributed by atoms with Crippen molar-refractivity contribution in [1.29, 1.82) is 0 Å². The average molecular weight is 364 g/mol. The van der Waals surface area contributed by atoms with Crippen molar-refractivity contribution < 1.29 is 23.8 Å². The summed E-state index contributed by atoms with van der Waals surface area (Å²) in [5.74, 6) is -0.0345. The monoisotopic (exact) mass is 364 g/mol. The molecule has 0 radical (unpaired) electrons. The van der Waals surface area contributed by atoms with Crippen molar-refractivity contribution in [1.82, 2.24) is 0 Å². The number of benzene rings is 1. The number of rotatable bonds is 3. The number of fused-ring (bicyclic) bond motifs is 1. The Hall–Kier alpha value is -2.44. The molecule has 0 fully saturated rings. The molecule has 0 aromatic heterocycles. The molecule has 0 aliphatic carbocycles. The second-order valence-corrected chi connectivity index (χ2v) is 7.48. The zero-order valence-electron chi connectivity index (χ0n) is 16.6. The van der Waals surface area contributed by atoms with Gasteiger partial charge in [0.05, 0.1) is 24.5 Å². The number of anilines is 2. The molecule has 1 unspecified atom stereocenters. The number of carbonyl (C=O) groups is 2. The summed E-state index contributed by atoms with van der Waals surface area (Å²) < 4.78 is 16.6. The molecule has 7 heteroatoms. The Morgan fingerprint density at radius 2 is 1.96 bits per heavy atom. The first-order chi connectivity index (χ1) is 12.0. The van der Waals surface area contributed by atoms with Crippen LogP contribution in [0, 0.1) is 6.92 Å². The van der Waals surface area contributed by atoms with Crippen LogP contribution < -0.4 is 14.5 Å². The third-order valence-electron chi connectivity index (χ3n) is 3.74. The predicted molar refractivity (Wildman–Crippen MR) is 100 cm³/mol. The first kappa shape index (κ1) is 19.9. The maximum atomic E-state index is 12.8. The fraction of sp³-hybridized carbons (Fsp3) is 0.579. The number of nitrogens with zero attached hydrogens (tertiary/aromatic N) is 2. The van der Waals surface area contributed by atoms with E-state index in [1.165, 1.54) is 4.90 Å². The van der Waals surface area contributed by atoms with E-state index in [4.69, 9.17) is 14.2 Å². The number of aryl methyl sites for hydroxylation is 1. The predicted octanol–water partition coefficient (Wildman–Crippen LogP) is 3.13. The molecular formula is C19H28N2O5. The topological polar surface area (TPSA) is 68.3 Å². The summed E-state index contributed by atoms with van der Waals surface area (Å²) in [6.45, 7) is 9.36. The number of hydrogen-bond donors (Lipinski definition) is 0. The maximum Gasteiger partial charge on any atom is 0.415 e. The van der Waals surface area contributed by atoms with Crippen molar-refractivity contribution in [2.45, 2.75) is 46.3 Å². The Labute approximate surface area is 154 Å². The Morgan fingerprint density at radius 3 is 2.50 bits per heavy atom. The highest BCUT2D eigenvalue weighted by Gasteiger charge is 2.38. The van der Waals surface area contributed by atoms with Gasteiger partial charge in [0.25, 0.3) is 0 Å². The van der Waals surface area contributed by atoms with Crippen molar-refractivity contribution in [2.75, 3.05) is 37.0 Å². The van der Waals surface area contributed by atoms with Gasteiger partial charge in [-0.3, -0.25) is 4.90 Å². The average Bonchev–Trinajstić information content (AvgIpc) is 2.51. The van der Waals surface area contributed by atoms with Gasteiger partial charge in [-0.25, -0.2) is 9.59 Å². The van der Waals surface area contributed by atoms with Crippen LogP contribution in [0.4, 0.5) is 16.2 Å². The van der Waals surface area contributed by atoms with E-state index in [0.29, 0.717) is 11.4 Å². The molecule has 1 aromatic carbocycles. The van der Waals surface area contributed by atoms with E-state index in [9.17, 15) is 9.59 Å². The van der Waals surface area contributed by atoms with Crippen LogP contribution in [0.15, 0.2) is 12.1 Å². The Morgan fingerprint density at radius 1 is 1.31 bits per heavy atom. The van der Waals surface area contributed by atoms with Gasteiger partial charge in [-0.1, -0.05) is 0 Å². The van der Waals surface area contributed by atoms with Crippen LogP contribution in [-0.2, 0) is 14.3 Å². The largest absolute Gasteiger partial charge is 0.472 e. The Bertz CT molecular complexity index is 694. The van der Waals surface area contributed by atoms with Crippen LogP contribution in [0.25, 0.3) is 0 Å². The van der Waals surface area contributed by atoms with Gasteiger partial charge >= 0.3 is 12.1 Å². The molecule has 0 bridgehead atoms. The van der Waals surface area contributed by atoms with Crippen LogP contribution in [-0.4, -0.2) is 51.0 Å². The summed E-state index contributed by atoms with van der Waals surface area (Å²) in [6.07, 6.45) is -1.43. The van der Waals surface area contributed by atoms with Crippen molar-refractivity contribution in [2.24, 2.45) is 0 Å². The summed E-state index contributed by atoms with van der Waals surface area (Å²) in [7, 11) is 3.76. The van der Waals surface area contributed by atoms with Gasteiger partial charge in [0.2, 0.25) is 6.10 Å². The maximum absolute atomic E-state index is 12.8. The molecule has 1 amide bonds. The lowest BCUT2D eigenvalue weighted by molar-refractivity contribution is -0.151. The van der Waals surface area contributed by atoms with E-state index >= 15 is 0 Å². The standard InChI is InChI=1S/C19H28N2O5/c1-8-24-17(22)15-11-21(18(23)26-19(3,4)5)14-10-12(2)9-13(20(6)7)16(14)25-15/h9-10,15H,8,11H2,1-7H3. The van der Waals surface area contributed by atoms with Crippen LogP contribution in [0.1, 0.15) is 33.3 Å². The molecule has 144 valence electrons. The van der Waals surface area contributed by atoms with Gasteiger partial charge in [-0.05, 0) is 52.3 Å². The minimum Gasteiger partial charge on any atom is -0.472 e. The molecule has 0 saturated heterocycles. The van der Waals surface area contributed by atoms with E-state index in [2.05, 4.69) is 0 Å². The highest BCUT2D eigenvalue weighted by molar-refractivity contribution is 5.95. The van der Waals surface area contributed by atoms with Gasteiger partial charge < -0.3 is 19.1 Å². The van der Waals surface area contributed by atoms with Gasteiger partial charge in [0, 0.05) is 14.1 Å². The first-order valence-electron chi connectivity index (χ1n) is 8.69. The molecule has 0 saturated carbocycles. The van der Waals surface area contributed by atoms with Crippen molar-refractivity contribution >= 4 is 23.4 Å². The number of amides is 1. The highest BCUT2D eigenvalue weighted by Crippen LogP contribution is 2.42. The van der Waals surface area contributed by atoms with Gasteiger partial charge in [-0.15, -0.1) is 0 Å². The molecule has 1 atom stereocenters. The molecule has 26 heavy (non-hydrogen) atoms. The molecular weight excluding hydrogens is 336 g/mol. The smallest absolute Gasteiger partial charge is 0.415 e. The van der Waals surface area contributed by atoms with E-state index in [1.54, 1.807) is 27.7 Å². The summed E-state index contributed by atoms with van der Waals surface area (Å²) in [5.41, 5.74) is 1.69. The van der Waals surface area contributed by atoms with Crippen molar-refractivity contribution in [3.8, 4) is 5.75 Å². The molecule has 0 N–H and O–H groups in total. The first-order valence-corrected chi connectivity index (χ1v) is 8.69. The molecule has 1 heterocycles. The molecule has 0 spiro atoms. The minimum atomic E-state index is -0.906. The van der Waals surface area contributed by atoms with E-state index in [0.717, 1.165) is 11.3 Å². The molecule has 1 aliphatic rings. The van der Waals surface area contributed by atoms with E-state index in [1.807, 2.05) is 38.1 Å². The zero-order chi connectivity index (χ0) is 19.6. The summed E-state index contributed by atoms with van der Waals surface area (Å²) in [4.78, 5) is 28.4.